The van der Waals surface area contributed by atoms with E-state index in [0.717, 1.165) is 83.6 Å². The van der Waals surface area contributed by atoms with Crippen molar-refractivity contribution in [1.82, 2.24) is 97.0 Å². The van der Waals surface area contributed by atoms with Crippen LogP contribution in [0.3, 0.4) is 0 Å². The number of rotatable bonds is 22. The number of halogens is 4. The summed E-state index contributed by atoms with van der Waals surface area (Å²) in [5.41, 5.74) is 11.5. The van der Waals surface area contributed by atoms with Crippen LogP contribution in [0.2, 0.25) is 0 Å². The lowest BCUT2D eigenvalue weighted by atomic mass is 9.88. The molecule has 22 rings (SSSR count). The molecule has 6 aromatic heterocycles. The number of imide groups is 4. The monoisotopic (exact) mass is 1920 g/mol. The summed E-state index contributed by atoms with van der Waals surface area (Å²) in [7, 11) is 5.03. The number of fused-ring (bicyclic) bond motifs is 6. The van der Waals surface area contributed by atoms with Gasteiger partial charge in [0.15, 0.2) is 27.8 Å². The van der Waals surface area contributed by atoms with Gasteiger partial charge in [-0.3, -0.25) is 64.7 Å². The van der Waals surface area contributed by atoms with E-state index < -0.39 is 94.9 Å². The maximum Gasteiger partial charge on any atom is 0.387 e. The third-order valence-electron chi connectivity index (χ3n) is 26.3. The third-order valence-corrected chi connectivity index (χ3v) is 26.3. The van der Waals surface area contributed by atoms with Gasteiger partial charge in [-0.15, -0.1) is 0 Å². The summed E-state index contributed by atoms with van der Waals surface area (Å²) in [5, 5.41) is 33.2. The molecule has 0 bridgehead atoms. The van der Waals surface area contributed by atoms with Gasteiger partial charge in [0.1, 0.15) is 34.4 Å². The summed E-state index contributed by atoms with van der Waals surface area (Å²) in [6, 6.07) is 57.0. The van der Waals surface area contributed by atoms with Crippen LogP contribution in [0.15, 0.2) is 229 Å². The van der Waals surface area contributed by atoms with Crippen LogP contribution in [-0.2, 0) is 74.6 Å². The summed E-state index contributed by atoms with van der Waals surface area (Å²) in [6.07, 6.45) is 5.41. The molecule has 0 saturated carbocycles. The van der Waals surface area contributed by atoms with E-state index in [2.05, 4.69) is 77.3 Å². The number of H-pyrrole nitrogens is 1. The van der Waals surface area contributed by atoms with E-state index in [1.165, 1.54) is 46.2 Å². The van der Waals surface area contributed by atoms with Crippen molar-refractivity contribution >= 4 is 93.4 Å². The number of aryl methyl sites for hydroxylation is 5. The Morgan fingerprint density at radius 2 is 0.782 bits per heavy atom. The highest BCUT2D eigenvalue weighted by atomic mass is 19.3. The molecule has 8 aliphatic heterocycles. The van der Waals surface area contributed by atoms with Gasteiger partial charge >= 0.3 is 37.3 Å². The van der Waals surface area contributed by atoms with E-state index in [9.17, 15) is 75.1 Å². The highest BCUT2D eigenvalue weighted by Crippen LogP contribution is 2.42. The maximum atomic E-state index is 13.2. The van der Waals surface area contributed by atoms with Crippen LogP contribution >= 0.6 is 0 Å². The van der Waals surface area contributed by atoms with Crippen LogP contribution in [0.1, 0.15) is 109 Å². The first kappa shape index (κ1) is 93.0. The van der Waals surface area contributed by atoms with Gasteiger partial charge in [-0.05, 0) is 174 Å². The van der Waals surface area contributed by atoms with Crippen molar-refractivity contribution in [2.45, 2.75) is 89.3 Å². The molecular formula is C102H85F4N19O17. The Bertz CT molecular complexity index is 7340. The molecule has 36 nitrogen and oxygen atoms in total. The number of hydrogen-bond acceptors (Lipinski definition) is 22. The molecule has 0 unspecified atom stereocenters. The molecule has 4 atom stereocenters. The number of hydrogen-bond donors (Lipinski definition) is 9. The Balaban J connectivity index is 0.000000120. The number of nitrogens with zero attached hydrogens (tertiary/aromatic N) is 10. The van der Waals surface area contributed by atoms with E-state index in [1.807, 2.05) is 124 Å². The standard InChI is InChI=1S/C27H23N5O4.C27H21N5O4.C24H21F2N5O4.C24H20F2N4O5/c1-31-12-11-17-6-10-22(28-23(17)31)16-3-7-19(8-4-16)27(25(34)29-26(35)30-27)15-32-14-18-5-9-20(36-2)13-21(18)24(32)33;1-36-21-9-6-18-14-32(24(33)22(18)12-21)15-27(25(34)30-26(35)31-27)20-7-4-16(5-8-20)19-11-17-3-2-10-28-23(17)29-13-19;1-12-19(13(2)30-29-12)14-3-6-16(7-4-14)24(21(33)27-23(34)28-24)11-31-10-15-5-8-17(35-22(25)26)9-18(15)20(31)32;1-12-19(13(2)35-29-12)14-3-6-16(7-4-14)24(21(32)27-23(33)28-24)11-30-10-15-5-8-17(34-22(25)26)9-18(15)20(30)31/h3-13H,14-15H2,1-2H3,(H2,29,30,34,35);2-13H,14-15H2,1H3,(H2,30,31,34,35);3-9,22H,10-11H2,1-2H3,(H,29,30)(H2,27,28,33,34);3-9,22H,10-11H2,1-2H3,(H2,27,28,32,33)/t2*27-;2*24-/m1000/s1. The average Bonchev–Trinajstić information content (AvgIpc) is 1.60. The highest BCUT2D eigenvalue weighted by molar-refractivity contribution is 6.12. The second-order valence-electron chi connectivity index (χ2n) is 35.0. The number of carbonyl (C=O) groups excluding carboxylic acids is 12. The number of urea groups is 4. The van der Waals surface area contributed by atoms with Crippen molar-refractivity contribution in [1.29, 1.82) is 0 Å². The van der Waals surface area contributed by atoms with Crippen LogP contribution in [0, 0.1) is 27.7 Å². The summed E-state index contributed by atoms with van der Waals surface area (Å²) < 4.78 is 76.8. The summed E-state index contributed by atoms with van der Waals surface area (Å²) >= 11 is 0. The van der Waals surface area contributed by atoms with Crippen molar-refractivity contribution in [3.63, 3.8) is 0 Å². The first-order valence-corrected chi connectivity index (χ1v) is 44.4. The lowest BCUT2D eigenvalue weighted by Crippen LogP contribution is -2.52. The number of pyridine rings is 3. The molecule has 0 spiro atoms. The van der Waals surface area contributed by atoms with Crippen molar-refractivity contribution in [3.8, 4) is 67.6 Å². The number of methoxy groups -OCH3 is 2. The van der Waals surface area contributed by atoms with Gasteiger partial charge in [0.05, 0.1) is 57.5 Å². The zero-order valence-electron chi connectivity index (χ0n) is 76.6. The minimum absolute atomic E-state index is 0.00664. The minimum Gasteiger partial charge on any atom is -0.497 e. The smallest absolute Gasteiger partial charge is 0.387 e. The van der Waals surface area contributed by atoms with Crippen molar-refractivity contribution < 1.29 is 98.6 Å². The van der Waals surface area contributed by atoms with Gasteiger partial charge in [-0.2, -0.15) is 22.7 Å². The summed E-state index contributed by atoms with van der Waals surface area (Å²) in [6.45, 7) is 2.01. The fraction of sp³-hybridized carbons (Fsp3) is 0.206. The molecular weight excluding hydrogens is 1840 g/mol. The molecule has 16 amide bonds. The van der Waals surface area contributed by atoms with E-state index in [4.69, 9.17) is 19.0 Å². The molecule has 9 N–H and O–H groups in total. The number of carbonyl (C=O) groups is 12. The molecule has 14 heterocycles. The largest absolute Gasteiger partial charge is 0.497 e. The van der Waals surface area contributed by atoms with Crippen molar-refractivity contribution in [3.05, 3.63) is 314 Å². The molecule has 0 radical (unpaired) electrons. The normalized spacial score (nSPS) is 19.0. The van der Waals surface area contributed by atoms with Gasteiger partial charge in [0.2, 0.25) is 0 Å². The first-order valence-electron chi connectivity index (χ1n) is 44.4. The minimum atomic E-state index is -3.02. The topological polar surface area (TPSA) is 449 Å². The second-order valence-corrected chi connectivity index (χ2v) is 35.0. The molecule has 14 aromatic rings. The molecule has 142 heavy (non-hydrogen) atoms. The van der Waals surface area contributed by atoms with Crippen LogP contribution in [0.5, 0.6) is 23.0 Å². The van der Waals surface area contributed by atoms with Crippen LogP contribution in [0.4, 0.5) is 36.7 Å². The zero-order valence-corrected chi connectivity index (χ0v) is 76.6. The lowest BCUT2D eigenvalue weighted by molar-refractivity contribution is -0.125. The second kappa shape index (κ2) is 36.8. The zero-order chi connectivity index (χ0) is 99.7. The number of benzene rings is 8. The number of aromatic nitrogens is 7. The van der Waals surface area contributed by atoms with Gasteiger partial charge < -0.3 is 68.9 Å². The number of amides is 16. The SMILES string of the molecule is COc1ccc2c(c1)C(=O)N(C[C@@]1(c3ccc(-c4cnc5ncccc5c4)cc3)NC(=O)NC1=O)C2.COc1ccc2c(c1)C(=O)N(C[C@]1(c3ccc(-c4ccc5ccn(C)c5n4)cc3)NC(=O)NC1=O)C2.Cc1n[nH]c(C)c1-c1ccc([C@]2(CN3Cc4ccc(OC(F)F)cc4C3=O)NC(=O)NC2=O)cc1.Cc1noc(C)c1-c1ccc([C@]2(CN3Cc4ccc(OC(F)F)cc4C3=O)NC(=O)NC2=O)cc1. The average molecular weight is 1920 g/mol. The fourth-order valence-corrected chi connectivity index (χ4v) is 19.2. The van der Waals surface area contributed by atoms with Crippen molar-refractivity contribution in [2.75, 3.05) is 40.4 Å². The molecule has 0 aliphatic carbocycles. The Kier molecular flexibility index (Phi) is 24.1. The molecule has 718 valence electrons. The van der Waals surface area contributed by atoms with Crippen molar-refractivity contribution in [2.24, 2.45) is 7.05 Å². The lowest BCUT2D eigenvalue weighted by Gasteiger charge is -2.31. The third kappa shape index (κ3) is 17.2. The molecule has 8 aliphatic rings. The molecule has 4 fully saturated rings. The Morgan fingerprint density at radius 3 is 1.14 bits per heavy atom. The van der Waals surface area contributed by atoms with Crippen LogP contribution in [0.25, 0.3) is 66.7 Å². The number of alkyl halides is 4. The van der Waals surface area contributed by atoms with E-state index in [0.29, 0.717) is 86.2 Å². The summed E-state index contributed by atoms with van der Waals surface area (Å²) in [4.78, 5) is 173. The van der Waals surface area contributed by atoms with Gasteiger partial charge in [0, 0.05) is 113 Å². The molecule has 40 heteroatoms. The summed E-state index contributed by atoms with van der Waals surface area (Å²) in [5.74, 6) is -1.97. The number of nitrogens with one attached hydrogen (secondary N) is 9. The van der Waals surface area contributed by atoms with Crippen LogP contribution in [-0.4, -0.2) is 179 Å². The van der Waals surface area contributed by atoms with E-state index in [-0.39, 0.29) is 73.7 Å². The Morgan fingerprint density at radius 1 is 0.401 bits per heavy atom. The van der Waals surface area contributed by atoms with Crippen LogP contribution < -0.4 is 61.5 Å². The quantitative estimate of drug-likeness (QED) is 0.0225. The maximum absolute atomic E-state index is 13.2. The molecule has 4 saturated heterocycles. The Labute approximate surface area is 803 Å². The fourth-order valence-electron chi connectivity index (χ4n) is 19.2. The first-order chi connectivity index (χ1) is 68.2. The van der Waals surface area contributed by atoms with Gasteiger partial charge in [-0.25, -0.2) is 34.1 Å². The number of aromatic amines is 1. The predicted molar refractivity (Wildman–Crippen MR) is 501 cm³/mol. The Hall–Kier alpha value is -18.0. The number of ether oxygens (including phenoxy) is 4. The van der Waals surface area contributed by atoms with Gasteiger partial charge in [0.25, 0.3) is 47.3 Å². The highest BCUT2D eigenvalue weighted by Gasteiger charge is 2.55. The van der Waals surface area contributed by atoms with E-state index in [1.54, 1.807) is 128 Å². The predicted octanol–water partition coefficient (Wildman–Crippen LogP) is 12.2. The molecule has 8 aromatic carbocycles. The van der Waals surface area contributed by atoms with Gasteiger partial charge in [-0.1, -0.05) is 126 Å². The van der Waals surface area contributed by atoms with E-state index >= 15 is 0 Å².